The van der Waals surface area contributed by atoms with Crippen LogP contribution in [0.1, 0.15) is 0 Å². The molecule has 0 atom stereocenters. The summed E-state index contributed by atoms with van der Waals surface area (Å²) >= 11 is 1.52. The minimum absolute atomic E-state index is 0.636. The van der Waals surface area contributed by atoms with Crippen LogP contribution < -0.4 is 10.5 Å². The summed E-state index contributed by atoms with van der Waals surface area (Å²) in [4.78, 5) is 4.39. The Hall–Kier alpha value is -2.07. The molecule has 0 aliphatic heterocycles. The number of hydrogen-bond acceptors (Lipinski definition) is 4. The summed E-state index contributed by atoms with van der Waals surface area (Å²) in [6, 6.07) is 15.3. The molecule has 2 N–H and O–H groups in total. The van der Waals surface area contributed by atoms with Crippen LogP contribution in [-0.4, -0.2) is 4.98 Å². The first-order chi connectivity index (χ1) is 8.31. The molecule has 3 rings (SSSR count). The largest absolute Gasteiger partial charge is 0.431 e. The molecule has 3 aromatic rings. The first-order valence-corrected chi connectivity index (χ1v) is 6.02. The van der Waals surface area contributed by atoms with Crippen LogP contribution in [-0.2, 0) is 0 Å². The normalized spacial score (nSPS) is 10.6. The number of nitrogen functional groups attached to an aromatic ring is 1. The van der Waals surface area contributed by atoms with Crippen molar-refractivity contribution in [3.05, 3.63) is 48.5 Å². The highest BCUT2D eigenvalue weighted by molar-refractivity contribution is 7.20. The molecule has 0 saturated carbocycles. The average Bonchev–Trinajstić information content (AvgIpc) is 2.71. The molecule has 0 fully saturated rings. The zero-order chi connectivity index (χ0) is 11.7. The second-order valence-electron chi connectivity index (χ2n) is 3.62. The predicted molar refractivity (Wildman–Crippen MR) is 70.5 cm³/mol. The fourth-order valence-electron chi connectivity index (χ4n) is 1.57. The van der Waals surface area contributed by atoms with Crippen LogP contribution >= 0.6 is 11.3 Å². The number of nitrogens with zero attached hydrogens (tertiary/aromatic N) is 1. The molecule has 3 nitrogen and oxygen atoms in total. The van der Waals surface area contributed by atoms with E-state index < -0.39 is 0 Å². The van der Waals surface area contributed by atoms with E-state index in [2.05, 4.69) is 4.98 Å². The number of thiazole rings is 1. The molecule has 1 aromatic heterocycles. The van der Waals surface area contributed by atoms with Crippen LogP contribution in [0.15, 0.2) is 48.5 Å². The maximum Gasteiger partial charge on any atom is 0.279 e. The van der Waals surface area contributed by atoms with Crippen molar-refractivity contribution in [1.29, 1.82) is 0 Å². The van der Waals surface area contributed by atoms with Crippen LogP contribution in [0.5, 0.6) is 10.9 Å². The highest BCUT2D eigenvalue weighted by atomic mass is 32.1. The smallest absolute Gasteiger partial charge is 0.279 e. The molecule has 4 heteroatoms. The number of anilines is 1. The molecule has 0 amide bonds. The second kappa shape index (κ2) is 4.07. The highest BCUT2D eigenvalue weighted by Gasteiger charge is 2.05. The first kappa shape index (κ1) is 10.1. The van der Waals surface area contributed by atoms with Gasteiger partial charge in [-0.25, -0.2) is 4.98 Å². The van der Waals surface area contributed by atoms with Gasteiger partial charge in [-0.2, -0.15) is 0 Å². The maximum atomic E-state index is 5.69. The van der Waals surface area contributed by atoms with Gasteiger partial charge in [-0.15, -0.1) is 0 Å². The van der Waals surface area contributed by atoms with Crippen LogP contribution in [0.25, 0.3) is 10.2 Å². The molecule has 0 saturated heterocycles. The molecule has 84 valence electrons. The summed E-state index contributed by atoms with van der Waals surface area (Å²) in [6.07, 6.45) is 0. The van der Waals surface area contributed by atoms with Gasteiger partial charge < -0.3 is 10.5 Å². The standard InChI is InChI=1S/C13H10N2OS/c14-9-4-3-5-10(8-9)16-13-15-11-6-1-2-7-12(11)17-13/h1-8H,14H2. The second-order valence-corrected chi connectivity index (χ2v) is 4.62. The molecule has 17 heavy (non-hydrogen) atoms. The van der Waals surface area contributed by atoms with Gasteiger partial charge in [0.05, 0.1) is 10.2 Å². The van der Waals surface area contributed by atoms with Gasteiger partial charge in [-0.1, -0.05) is 29.5 Å². The number of para-hydroxylation sites is 1. The minimum Gasteiger partial charge on any atom is -0.431 e. The molecule has 0 spiro atoms. The summed E-state index contributed by atoms with van der Waals surface area (Å²) in [6.45, 7) is 0. The SMILES string of the molecule is Nc1cccc(Oc2nc3ccccc3s2)c1. The Kier molecular flexibility index (Phi) is 2.42. The Labute approximate surface area is 102 Å². The Morgan fingerprint density at radius 2 is 1.94 bits per heavy atom. The van der Waals surface area contributed by atoms with Crippen molar-refractivity contribution in [2.24, 2.45) is 0 Å². The lowest BCUT2D eigenvalue weighted by atomic mass is 10.3. The average molecular weight is 242 g/mol. The summed E-state index contributed by atoms with van der Waals surface area (Å²) in [5.41, 5.74) is 7.33. The van der Waals surface area contributed by atoms with Gasteiger partial charge in [-0.3, -0.25) is 0 Å². The van der Waals surface area contributed by atoms with Crippen LogP contribution in [0, 0.1) is 0 Å². The highest BCUT2D eigenvalue weighted by Crippen LogP contribution is 2.31. The molecule has 2 aromatic carbocycles. The summed E-state index contributed by atoms with van der Waals surface area (Å²) in [7, 11) is 0. The summed E-state index contributed by atoms with van der Waals surface area (Å²) in [5, 5.41) is 0.636. The zero-order valence-corrected chi connectivity index (χ0v) is 9.78. The molecule has 0 aliphatic rings. The molecule has 0 unspecified atom stereocenters. The Bertz CT molecular complexity index is 630. The van der Waals surface area contributed by atoms with Gasteiger partial charge in [0.25, 0.3) is 5.19 Å². The van der Waals surface area contributed by atoms with Crippen LogP contribution in [0.3, 0.4) is 0 Å². The number of rotatable bonds is 2. The van der Waals surface area contributed by atoms with Gasteiger partial charge in [0.2, 0.25) is 0 Å². The fourth-order valence-corrected chi connectivity index (χ4v) is 2.41. The Morgan fingerprint density at radius 1 is 1.06 bits per heavy atom. The third-order valence-electron chi connectivity index (χ3n) is 2.34. The third kappa shape index (κ3) is 2.07. The zero-order valence-electron chi connectivity index (χ0n) is 8.96. The van der Waals surface area contributed by atoms with E-state index in [1.807, 2.05) is 42.5 Å². The van der Waals surface area contributed by atoms with E-state index in [1.54, 1.807) is 6.07 Å². The Morgan fingerprint density at radius 3 is 2.76 bits per heavy atom. The van der Waals surface area contributed by atoms with E-state index in [9.17, 15) is 0 Å². The van der Waals surface area contributed by atoms with Crippen LogP contribution in [0.2, 0.25) is 0 Å². The summed E-state index contributed by atoms with van der Waals surface area (Å²) < 4.78 is 6.79. The van der Waals surface area contributed by atoms with E-state index in [4.69, 9.17) is 10.5 Å². The van der Waals surface area contributed by atoms with Gasteiger partial charge >= 0.3 is 0 Å². The molecule has 0 bridgehead atoms. The van der Waals surface area contributed by atoms with Crippen molar-refractivity contribution < 1.29 is 4.74 Å². The number of nitrogens with two attached hydrogens (primary N) is 1. The minimum atomic E-state index is 0.636. The number of hydrogen-bond donors (Lipinski definition) is 1. The molecule has 1 heterocycles. The van der Waals surface area contributed by atoms with Crippen LogP contribution in [0.4, 0.5) is 5.69 Å². The van der Waals surface area contributed by atoms with Crippen molar-refractivity contribution in [2.75, 3.05) is 5.73 Å². The monoisotopic (exact) mass is 242 g/mol. The lowest BCUT2D eigenvalue weighted by molar-refractivity contribution is 0.480. The van der Waals surface area contributed by atoms with Crippen molar-refractivity contribution >= 4 is 27.2 Å². The predicted octanol–water partition coefficient (Wildman–Crippen LogP) is 3.67. The van der Waals surface area contributed by atoms with Crippen molar-refractivity contribution in [3.63, 3.8) is 0 Å². The van der Waals surface area contributed by atoms with E-state index in [0.717, 1.165) is 10.2 Å². The molecule has 0 radical (unpaired) electrons. The lowest BCUT2D eigenvalue weighted by Gasteiger charge is -2.01. The fraction of sp³-hybridized carbons (Fsp3) is 0. The third-order valence-corrected chi connectivity index (χ3v) is 3.25. The van der Waals surface area contributed by atoms with Crippen molar-refractivity contribution in [2.45, 2.75) is 0 Å². The number of benzene rings is 2. The number of ether oxygens (including phenoxy) is 1. The number of fused-ring (bicyclic) bond motifs is 1. The number of aromatic nitrogens is 1. The van der Waals surface area contributed by atoms with E-state index >= 15 is 0 Å². The summed E-state index contributed by atoms with van der Waals surface area (Å²) in [5.74, 6) is 0.712. The van der Waals surface area contributed by atoms with E-state index in [1.165, 1.54) is 11.3 Å². The van der Waals surface area contributed by atoms with Crippen molar-refractivity contribution in [1.82, 2.24) is 4.98 Å². The van der Waals surface area contributed by atoms with Crippen molar-refractivity contribution in [3.8, 4) is 10.9 Å². The lowest BCUT2D eigenvalue weighted by Crippen LogP contribution is -1.86. The van der Waals surface area contributed by atoms with Gasteiger partial charge in [0.15, 0.2) is 0 Å². The van der Waals surface area contributed by atoms with Gasteiger partial charge in [0, 0.05) is 11.8 Å². The first-order valence-electron chi connectivity index (χ1n) is 5.20. The molecule has 0 aliphatic carbocycles. The topological polar surface area (TPSA) is 48.1 Å². The van der Waals surface area contributed by atoms with Gasteiger partial charge in [-0.05, 0) is 24.3 Å². The van der Waals surface area contributed by atoms with Gasteiger partial charge in [0.1, 0.15) is 5.75 Å². The van der Waals surface area contributed by atoms with E-state index in [0.29, 0.717) is 16.6 Å². The maximum absolute atomic E-state index is 5.69. The van der Waals surface area contributed by atoms with E-state index in [-0.39, 0.29) is 0 Å². The quantitative estimate of drug-likeness (QED) is 0.697. The molecular formula is C13H10N2OS. The Balaban J connectivity index is 1.94. The molecular weight excluding hydrogens is 232 g/mol.